The minimum Gasteiger partial charge on any atom is -0.396 e. The summed E-state index contributed by atoms with van der Waals surface area (Å²) in [6.45, 7) is 1.71. The van der Waals surface area contributed by atoms with Crippen molar-refractivity contribution in [2.24, 2.45) is 5.41 Å². The first kappa shape index (κ1) is 17.9. The summed E-state index contributed by atoms with van der Waals surface area (Å²) in [4.78, 5) is 12.2. The fourth-order valence-electron chi connectivity index (χ4n) is 2.85. The van der Waals surface area contributed by atoms with Gasteiger partial charge in [0.15, 0.2) is 5.76 Å². The van der Waals surface area contributed by atoms with Crippen molar-refractivity contribution in [1.82, 2.24) is 10.5 Å². The molecule has 0 spiro atoms. The largest absolute Gasteiger partial charge is 0.396 e. The van der Waals surface area contributed by atoms with E-state index in [9.17, 15) is 9.90 Å². The molecule has 1 amide bonds. The summed E-state index contributed by atoms with van der Waals surface area (Å²) < 4.78 is 10.6. The molecule has 134 valence electrons. The van der Waals surface area contributed by atoms with Crippen LogP contribution in [0, 0.1) is 5.41 Å². The van der Waals surface area contributed by atoms with Crippen molar-refractivity contribution in [2.45, 2.75) is 19.3 Å². The van der Waals surface area contributed by atoms with Gasteiger partial charge in [0.25, 0.3) is 0 Å². The second kappa shape index (κ2) is 7.99. The van der Waals surface area contributed by atoms with Crippen LogP contribution in [0.15, 0.2) is 34.9 Å². The number of nitrogens with one attached hydrogen (secondary N) is 1. The third kappa shape index (κ3) is 4.60. The number of carbonyl (C=O) groups excluding carboxylic acids is 1. The molecule has 1 aromatic heterocycles. The first-order chi connectivity index (χ1) is 12.1. The molecule has 1 fully saturated rings. The molecule has 6 nitrogen and oxygen atoms in total. The van der Waals surface area contributed by atoms with Crippen molar-refractivity contribution in [1.29, 1.82) is 0 Å². The molecule has 0 radical (unpaired) electrons. The maximum atomic E-state index is 12.2. The molecule has 7 heteroatoms. The first-order valence-electron chi connectivity index (χ1n) is 8.27. The van der Waals surface area contributed by atoms with E-state index in [2.05, 4.69) is 10.5 Å². The van der Waals surface area contributed by atoms with Crippen LogP contribution < -0.4 is 5.32 Å². The van der Waals surface area contributed by atoms with E-state index in [1.165, 1.54) is 0 Å². The lowest BCUT2D eigenvalue weighted by atomic mass is 9.81. The minimum absolute atomic E-state index is 0.0430. The molecule has 0 unspecified atom stereocenters. The van der Waals surface area contributed by atoms with Gasteiger partial charge in [-0.25, -0.2) is 0 Å². The number of ether oxygens (including phenoxy) is 1. The van der Waals surface area contributed by atoms with Gasteiger partial charge in [-0.15, -0.1) is 0 Å². The maximum absolute atomic E-state index is 12.2. The highest BCUT2D eigenvalue weighted by atomic mass is 35.5. The van der Waals surface area contributed by atoms with Gasteiger partial charge < -0.3 is 19.7 Å². The van der Waals surface area contributed by atoms with Crippen LogP contribution in [0.3, 0.4) is 0 Å². The minimum atomic E-state index is -0.286. The average Bonchev–Trinajstić information content (AvgIpc) is 3.10. The van der Waals surface area contributed by atoms with E-state index >= 15 is 0 Å². The second-order valence-corrected chi connectivity index (χ2v) is 6.85. The lowest BCUT2D eigenvalue weighted by Crippen LogP contribution is -2.44. The van der Waals surface area contributed by atoms with Crippen LogP contribution in [0.5, 0.6) is 0 Å². The van der Waals surface area contributed by atoms with Crippen molar-refractivity contribution < 1.29 is 19.2 Å². The molecule has 0 atom stereocenters. The zero-order valence-corrected chi connectivity index (χ0v) is 14.6. The number of aromatic nitrogens is 1. The Morgan fingerprint density at radius 1 is 1.28 bits per heavy atom. The number of rotatable bonds is 6. The van der Waals surface area contributed by atoms with E-state index in [-0.39, 0.29) is 24.3 Å². The summed E-state index contributed by atoms with van der Waals surface area (Å²) in [5.74, 6) is 0.450. The van der Waals surface area contributed by atoms with Crippen molar-refractivity contribution in [3.8, 4) is 11.3 Å². The van der Waals surface area contributed by atoms with Crippen LogP contribution in [0.4, 0.5) is 0 Å². The smallest absolute Gasteiger partial charge is 0.226 e. The van der Waals surface area contributed by atoms with Crippen LogP contribution in [0.25, 0.3) is 11.3 Å². The molecule has 0 aliphatic carbocycles. The Hall–Kier alpha value is -1.89. The van der Waals surface area contributed by atoms with E-state index < -0.39 is 0 Å². The standard InChI is InChI=1S/C18H21ClN2O4/c19-14-3-1-13(2-4-14)16-9-15(21-25-16)10-17(23)20-11-18(12-22)5-7-24-8-6-18/h1-4,9,22H,5-8,10-12H2,(H,20,23). The summed E-state index contributed by atoms with van der Waals surface area (Å²) in [7, 11) is 0. The fraction of sp³-hybridized carbons (Fsp3) is 0.444. The van der Waals surface area contributed by atoms with Crippen molar-refractivity contribution in [3.05, 3.63) is 41.0 Å². The Bertz CT molecular complexity index is 708. The monoisotopic (exact) mass is 364 g/mol. The summed E-state index contributed by atoms with van der Waals surface area (Å²) >= 11 is 5.87. The summed E-state index contributed by atoms with van der Waals surface area (Å²) in [5, 5.41) is 17.1. The molecule has 2 heterocycles. The first-order valence-corrected chi connectivity index (χ1v) is 8.65. The normalized spacial score (nSPS) is 16.6. The van der Waals surface area contributed by atoms with Crippen LogP contribution in [-0.2, 0) is 16.0 Å². The molecule has 1 saturated heterocycles. The number of halogens is 1. The number of aliphatic hydroxyl groups excluding tert-OH is 1. The fourth-order valence-corrected chi connectivity index (χ4v) is 2.98. The Kier molecular flexibility index (Phi) is 5.73. The summed E-state index contributed by atoms with van der Waals surface area (Å²) in [6.07, 6.45) is 1.62. The molecule has 1 aliphatic rings. The number of hydrogen-bond donors (Lipinski definition) is 2. The topological polar surface area (TPSA) is 84.6 Å². The lowest BCUT2D eigenvalue weighted by Gasteiger charge is -2.35. The number of amides is 1. The van der Waals surface area contributed by atoms with Crippen LogP contribution >= 0.6 is 11.6 Å². The lowest BCUT2D eigenvalue weighted by molar-refractivity contribution is -0.121. The molecule has 2 N–H and O–H groups in total. The Labute approximate surface area is 151 Å². The SMILES string of the molecule is O=C(Cc1cc(-c2ccc(Cl)cc2)on1)NCC1(CO)CCOCC1. The van der Waals surface area contributed by atoms with Gasteiger partial charge in [0.05, 0.1) is 18.7 Å². The van der Waals surface area contributed by atoms with E-state index in [1.807, 2.05) is 12.1 Å². The van der Waals surface area contributed by atoms with Gasteiger partial charge in [0.2, 0.25) is 5.91 Å². The number of carbonyl (C=O) groups is 1. The summed E-state index contributed by atoms with van der Waals surface area (Å²) in [6, 6.07) is 8.97. The Morgan fingerprint density at radius 2 is 2.00 bits per heavy atom. The number of aliphatic hydroxyl groups is 1. The van der Waals surface area contributed by atoms with Crippen molar-refractivity contribution >= 4 is 17.5 Å². The Balaban J connectivity index is 1.55. The van der Waals surface area contributed by atoms with Crippen LogP contribution in [0.2, 0.25) is 5.02 Å². The van der Waals surface area contributed by atoms with E-state index in [4.69, 9.17) is 20.9 Å². The number of nitrogens with zero attached hydrogens (tertiary/aromatic N) is 1. The maximum Gasteiger partial charge on any atom is 0.226 e. The quantitative estimate of drug-likeness (QED) is 0.822. The highest BCUT2D eigenvalue weighted by molar-refractivity contribution is 6.30. The van der Waals surface area contributed by atoms with E-state index in [0.29, 0.717) is 36.2 Å². The molecule has 25 heavy (non-hydrogen) atoms. The molecular formula is C18H21ClN2O4. The zero-order valence-electron chi connectivity index (χ0n) is 13.8. The molecular weight excluding hydrogens is 344 g/mol. The number of benzene rings is 1. The van der Waals surface area contributed by atoms with Gasteiger partial charge >= 0.3 is 0 Å². The van der Waals surface area contributed by atoms with Gasteiger partial charge in [-0.05, 0) is 37.1 Å². The van der Waals surface area contributed by atoms with Crippen LogP contribution in [0.1, 0.15) is 18.5 Å². The third-order valence-corrected chi connectivity index (χ3v) is 4.83. The van der Waals surface area contributed by atoms with Gasteiger partial charge in [-0.2, -0.15) is 0 Å². The molecule has 3 rings (SSSR count). The van der Waals surface area contributed by atoms with Gasteiger partial charge in [0, 0.05) is 41.8 Å². The third-order valence-electron chi connectivity index (χ3n) is 4.58. The summed E-state index contributed by atoms with van der Waals surface area (Å²) in [5.41, 5.74) is 1.13. The zero-order chi connectivity index (χ0) is 17.7. The molecule has 2 aromatic rings. The number of hydrogen-bond acceptors (Lipinski definition) is 5. The molecule has 1 aromatic carbocycles. The average molecular weight is 365 g/mol. The molecule has 1 aliphatic heterocycles. The predicted molar refractivity (Wildman–Crippen MR) is 93.2 cm³/mol. The molecule has 0 saturated carbocycles. The van der Waals surface area contributed by atoms with E-state index in [1.54, 1.807) is 18.2 Å². The van der Waals surface area contributed by atoms with Gasteiger partial charge in [-0.3, -0.25) is 4.79 Å². The highest BCUT2D eigenvalue weighted by Gasteiger charge is 2.32. The van der Waals surface area contributed by atoms with Crippen molar-refractivity contribution in [3.63, 3.8) is 0 Å². The van der Waals surface area contributed by atoms with Crippen molar-refractivity contribution in [2.75, 3.05) is 26.4 Å². The predicted octanol–water partition coefficient (Wildman–Crippen LogP) is 2.44. The highest BCUT2D eigenvalue weighted by Crippen LogP contribution is 2.29. The van der Waals surface area contributed by atoms with Gasteiger partial charge in [0.1, 0.15) is 0 Å². The molecule has 0 bridgehead atoms. The Morgan fingerprint density at radius 3 is 2.68 bits per heavy atom. The second-order valence-electron chi connectivity index (χ2n) is 6.41. The van der Waals surface area contributed by atoms with E-state index in [0.717, 1.165) is 18.4 Å². The van der Waals surface area contributed by atoms with Gasteiger partial charge in [-0.1, -0.05) is 16.8 Å². The van der Waals surface area contributed by atoms with Crippen LogP contribution in [-0.4, -0.2) is 42.5 Å².